The summed E-state index contributed by atoms with van der Waals surface area (Å²) in [6.45, 7) is 8.42. The minimum absolute atomic E-state index is 0.486. The Kier molecular flexibility index (Phi) is 3.68. The monoisotopic (exact) mass is 210 g/mol. The molecule has 1 aliphatic carbocycles. The van der Waals surface area contributed by atoms with Crippen molar-refractivity contribution in [1.29, 1.82) is 0 Å². The molecule has 0 aromatic carbocycles. The van der Waals surface area contributed by atoms with Gasteiger partial charge >= 0.3 is 0 Å². The Morgan fingerprint density at radius 2 is 2.00 bits per heavy atom. The van der Waals surface area contributed by atoms with Crippen molar-refractivity contribution < 1.29 is 0 Å². The zero-order chi connectivity index (χ0) is 10.7. The van der Waals surface area contributed by atoms with Crippen molar-refractivity contribution >= 4 is 0 Å². The molecule has 1 N–H and O–H groups in total. The van der Waals surface area contributed by atoms with E-state index in [0.717, 1.165) is 6.04 Å². The van der Waals surface area contributed by atoms with Gasteiger partial charge in [-0.05, 0) is 32.7 Å². The van der Waals surface area contributed by atoms with Crippen LogP contribution in [0.2, 0.25) is 0 Å². The molecule has 2 rings (SSSR count). The fourth-order valence-corrected chi connectivity index (χ4v) is 3.24. The van der Waals surface area contributed by atoms with Crippen molar-refractivity contribution in [3.8, 4) is 0 Å². The Hall–Kier alpha value is -0.0800. The van der Waals surface area contributed by atoms with Gasteiger partial charge < -0.3 is 5.32 Å². The summed E-state index contributed by atoms with van der Waals surface area (Å²) < 4.78 is 0. The molecule has 2 aliphatic rings. The molecule has 0 aromatic rings. The van der Waals surface area contributed by atoms with E-state index in [0.29, 0.717) is 5.54 Å². The Labute approximate surface area is 94.4 Å². The van der Waals surface area contributed by atoms with Crippen LogP contribution < -0.4 is 5.32 Å². The highest BCUT2D eigenvalue weighted by atomic mass is 15.2. The highest BCUT2D eigenvalue weighted by Crippen LogP contribution is 2.31. The number of hydrogen-bond donors (Lipinski definition) is 1. The van der Waals surface area contributed by atoms with Crippen molar-refractivity contribution in [2.45, 2.75) is 64.0 Å². The van der Waals surface area contributed by atoms with Crippen LogP contribution in [0.4, 0.5) is 0 Å². The van der Waals surface area contributed by atoms with Gasteiger partial charge in [-0.15, -0.1) is 0 Å². The second-order valence-corrected chi connectivity index (χ2v) is 5.54. The molecule has 1 atom stereocenters. The predicted octanol–water partition coefficient (Wildman–Crippen LogP) is 2.39. The van der Waals surface area contributed by atoms with Gasteiger partial charge in [0.05, 0.1) is 0 Å². The third kappa shape index (κ3) is 2.54. The van der Waals surface area contributed by atoms with Gasteiger partial charge in [0.2, 0.25) is 0 Å². The normalized spacial score (nSPS) is 32.0. The molecule has 0 amide bonds. The number of nitrogens with zero attached hydrogens (tertiary/aromatic N) is 1. The van der Waals surface area contributed by atoms with Crippen LogP contribution in [0.25, 0.3) is 0 Å². The average Bonchev–Trinajstić information content (AvgIpc) is 2.26. The van der Waals surface area contributed by atoms with E-state index in [1.165, 1.54) is 58.2 Å². The molecule has 0 radical (unpaired) electrons. The van der Waals surface area contributed by atoms with Gasteiger partial charge in [-0.1, -0.05) is 26.2 Å². The molecule has 15 heavy (non-hydrogen) atoms. The van der Waals surface area contributed by atoms with E-state index in [2.05, 4.69) is 24.1 Å². The van der Waals surface area contributed by atoms with Gasteiger partial charge in [-0.25, -0.2) is 0 Å². The summed E-state index contributed by atoms with van der Waals surface area (Å²) in [7, 11) is 0. The Morgan fingerprint density at radius 3 is 2.67 bits per heavy atom. The Balaban J connectivity index is 1.96. The Morgan fingerprint density at radius 1 is 1.27 bits per heavy atom. The van der Waals surface area contributed by atoms with Crippen LogP contribution >= 0.6 is 0 Å². The molecule has 0 aromatic heterocycles. The van der Waals surface area contributed by atoms with E-state index in [4.69, 9.17) is 0 Å². The molecule has 1 saturated carbocycles. The molecule has 2 heteroatoms. The number of piperazine rings is 1. The first kappa shape index (κ1) is 11.4. The van der Waals surface area contributed by atoms with E-state index in [-0.39, 0.29) is 0 Å². The molecular formula is C13H26N2. The zero-order valence-electron chi connectivity index (χ0n) is 10.4. The van der Waals surface area contributed by atoms with Crippen LogP contribution in [0.3, 0.4) is 0 Å². The van der Waals surface area contributed by atoms with E-state index >= 15 is 0 Å². The number of nitrogens with one attached hydrogen (secondary N) is 1. The second kappa shape index (κ2) is 4.84. The van der Waals surface area contributed by atoms with E-state index in [9.17, 15) is 0 Å². The van der Waals surface area contributed by atoms with Crippen molar-refractivity contribution in [3.63, 3.8) is 0 Å². The first-order valence-corrected chi connectivity index (χ1v) is 6.75. The van der Waals surface area contributed by atoms with Crippen LogP contribution in [0.15, 0.2) is 0 Å². The van der Waals surface area contributed by atoms with Gasteiger partial charge in [0.25, 0.3) is 0 Å². The van der Waals surface area contributed by atoms with Gasteiger partial charge in [0, 0.05) is 24.7 Å². The highest BCUT2D eigenvalue weighted by molar-refractivity contribution is 4.98. The van der Waals surface area contributed by atoms with E-state index in [1.54, 1.807) is 0 Å². The first-order valence-electron chi connectivity index (χ1n) is 6.75. The molecule has 2 nitrogen and oxygen atoms in total. The van der Waals surface area contributed by atoms with Gasteiger partial charge in [-0.3, -0.25) is 4.90 Å². The van der Waals surface area contributed by atoms with Gasteiger partial charge in [0.15, 0.2) is 0 Å². The summed E-state index contributed by atoms with van der Waals surface area (Å²) in [5.41, 5.74) is 0.486. The minimum Gasteiger partial charge on any atom is -0.308 e. The maximum Gasteiger partial charge on any atom is 0.0309 e. The topological polar surface area (TPSA) is 15.3 Å². The highest BCUT2D eigenvalue weighted by Gasteiger charge is 2.37. The average molecular weight is 210 g/mol. The van der Waals surface area contributed by atoms with Crippen molar-refractivity contribution in [2.75, 3.05) is 19.6 Å². The number of rotatable bonds is 2. The van der Waals surface area contributed by atoms with Crippen molar-refractivity contribution in [1.82, 2.24) is 10.2 Å². The SMILES string of the molecule is CCCN1CC2(CCCCC2)NCC1C. The van der Waals surface area contributed by atoms with Crippen LogP contribution in [0.5, 0.6) is 0 Å². The summed E-state index contributed by atoms with van der Waals surface area (Å²) in [6.07, 6.45) is 8.41. The van der Waals surface area contributed by atoms with E-state index in [1.807, 2.05) is 0 Å². The first-order chi connectivity index (χ1) is 7.26. The van der Waals surface area contributed by atoms with E-state index < -0.39 is 0 Å². The maximum atomic E-state index is 3.83. The molecular weight excluding hydrogens is 184 g/mol. The third-order valence-electron chi connectivity index (χ3n) is 4.22. The van der Waals surface area contributed by atoms with Crippen LogP contribution in [0, 0.1) is 0 Å². The van der Waals surface area contributed by atoms with Crippen LogP contribution in [-0.2, 0) is 0 Å². The smallest absolute Gasteiger partial charge is 0.0309 e. The molecule has 0 bridgehead atoms. The quantitative estimate of drug-likeness (QED) is 0.753. The summed E-state index contributed by atoms with van der Waals surface area (Å²) >= 11 is 0. The molecule has 1 unspecified atom stereocenters. The largest absolute Gasteiger partial charge is 0.308 e. The molecule has 1 heterocycles. The summed E-state index contributed by atoms with van der Waals surface area (Å²) in [5.74, 6) is 0. The van der Waals surface area contributed by atoms with Crippen molar-refractivity contribution in [2.24, 2.45) is 0 Å². The summed E-state index contributed by atoms with van der Waals surface area (Å²) in [6, 6.07) is 0.734. The summed E-state index contributed by atoms with van der Waals surface area (Å²) in [4.78, 5) is 2.70. The second-order valence-electron chi connectivity index (χ2n) is 5.54. The fraction of sp³-hybridized carbons (Fsp3) is 1.00. The molecule has 2 fully saturated rings. The number of hydrogen-bond acceptors (Lipinski definition) is 2. The predicted molar refractivity (Wildman–Crippen MR) is 65.1 cm³/mol. The molecule has 1 aliphatic heterocycles. The molecule has 88 valence electrons. The van der Waals surface area contributed by atoms with Crippen molar-refractivity contribution in [3.05, 3.63) is 0 Å². The molecule has 1 saturated heterocycles. The van der Waals surface area contributed by atoms with Gasteiger partial charge in [0.1, 0.15) is 0 Å². The third-order valence-corrected chi connectivity index (χ3v) is 4.22. The maximum absolute atomic E-state index is 3.83. The minimum atomic E-state index is 0.486. The lowest BCUT2D eigenvalue weighted by Gasteiger charge is -2.49. The Bertz CT molecular complexity index is 197. The zero-order valence-corrected chi connectivity index (χ0v) is 10.4. The standard InChI is InChI=1S/C13H26N2/c1-3-9-15-11-13(14-10-12(15)2)7-5-4-6-8-13/h12,14H,3-11H2,1-2H3. The van der Waals surface area contributed by atoms with Gasteiger partial charge in [-0.2, -0.15) is 0 Å². The lowest BCUT2D eigenvalue weighted by atomic mass is 9.79. The fourth-order valence-electron chi connectivity index (χ4n) is 3.24. The van der Waals surface area contributed by atoms with Crippen LogP contribution in [-0.4, -0.2) is 36.1 Å². The lowest BCUT2D eigenvalue weighted by molar-refractivity contribution is 0.0630. The lowest BCUT2D eigenvalue weighted by Crippen LogP contribution is -2.64. The molecule has 1 spiro atoms. The summed E-state index contributed by atoms with van der Waals surface area (Å²) in [5, 5.41) is 3.83. The van der Waals surface area contributed by atoms with Crippen LogP contribution in [0.1, 0.15) is 52.4 Å².